The molecule has 2 heterocycles. The standard InChI is InChI=1S/C12H9IN2O/c1-16-8-6-11(13)15-10-5-3-2-4-9(10)14-12(15)7-8/h2-7H,1H3. The molecule has 4 heteroatoms. The molecule has 0 N–H and O–H groups in total. The SMILES string of the molecule is COc1cc(I)n2c(c1)nc1ccccc12. The summed E-state index contributed by atoms with van der Waals surface area (Å²) in [7, 11) is 1.67. The number of hydrogen-bond donors (Lipinski definition) is 0. The number of nitrogens with zero attached hydrogens (tertiary/aromatic N) is 2. The first-order chi connectivity index (χ1) is 7.79. The summed E-state index contributed by atoms with van der Waals surface area (Å²) in [5, 5.41) is 0. The van der Waals surface area contributed by atoms with E-state index in [9.17, 15) is 0 Å². The lowest BCUT2D eigenvalue weighted by atomic mass is 10.3. The number of aromatic nitrogens is 2. The number of benzene rings is 1. The van der Waals surface area contributed by atoms with Crippen molar-refractivity contribution in [2.75, 3.05) is 7.11 Å². The number of pyridine rings is 1. The summed E-state index contributed by atoms with van der Waals surface area (Å²) in [6.07, 6.45) is 0. The number of methoxy groups -OCH3 is 1. The Hall–Kier alpha value is -1.30. The van der Waals surface area contributed by atoms with E-state index in [1.807, 2.05) is 30.3 Å². The zero-order chi connectivity index (χ0) is 11.1. The molecule has 0 fully saturated rings. The zero-order valence-electron chi connectivity index (χ0n) is 8.64. The van der Waals surface area contributed by atoms with Crippen LogP contribution in [0.25, 0.3) is 16.7 Å². The maximum Gasteiger partial charge on any atom is 0.142 e. The van der Waals surface area contributed by atoms with Gasteiger partial charge < -0.3 is 4.74 Å². The maximum absolute atomic E-state index is 5.24. The molecular formula is C12H9IN2O. The number of hydrogen-bond acceptors (Lipinski definition) is 2. The van der Waals surface area contributed by atoms with E-state index in [0.29, 0.717) is 0 Å². The van der Waals surface area contributed by atoms with Crippen LogP contribution < -0.4 is 4.74 Å². The van der Waals surface area contributed by atoms with Crippen LogP contribution in [0.15, 0.2) is 36.4 Å². The summed E-state index contributed by atoms with van der Waals surface area (Å²) in [6.45, 7) is 0. The van der Waals surface area contributed by atoms with Gasteiger partial charge in [0.1, 0.15) is 11.4 Å². The smallest absolute Gasteiger partial charge is 0.142 e. The quantitative estimate of drug-likeness (QED) is 0.508. The van der Waals surface area contributed by atoms with Crippen LogP contribution in [0.2, 0.25) is 0 Å². The van der Waals surface area contributed by atoms with Gasteiger partial charge in [0.05, 0.1) is 21.8 Å². The molecule has 0 amide bonds. The minimum Gasteiger partial charge on any atom is -0.497 e. The summed E-state index contributed by atoms with van der Waals surface area (Å²) in [5.41, 5.74) is 3.06. The average Bonchev–Trinajstić information content (AvgIpc) is 2.67. The van der Waals surface area contributed by atoms with Gasteiger partial charge in [-0.15, -0.1) is 0 Å². The van der Waals surface area contributed by atoms with Gasteiger partial charge in [0, 0.05) is 12.1 Å². The number of ether oxygens (including phenoxy) is 1. The van der Waals surface area contributed by atoms with Gasteiger partial charge in [0.25, 0.3) is 0 Å². The molecule has 2 aromatic heterocycles. The molecule has 0 aliphatic rings. The monoisotopic (exact) mass is 324 g/mol. The first-order valence-corrected chi connectivity index (χ1v) is 5.98. The third kappa shape index (κ3) is 1.36. The van der Waals surface area contributed by atoms with Crippen LogP contribution >= 0.6 is 22.6 Å². The van der Waals surface area contributed by atoms with Gasteiger partial charge in [-0.3, -0.25) is 4.40 Å². The number of halogens is 1. The molecule has 0 unspecified atom stereocenters. The Morgan fingerprint density at radius 1 is 1.25 bits per heavy atom. The van der Waals surface area contributed by atoms with E-state index >= 15 is 0 Å². The van der Waals surface area contributed by atoms with Crippen LogP contribution in [0.1, 0.15) is 0 Å². The second-order valence-corrected chi connectivity index (χ2v) is 4.62. The predicted octanol–water partition coefficient (Wildman–Crippen LogP) is 3.10. The Bertz CT molecular complexity index is 675. The van der Waals surface area contributed by atoms with E-state index in [1.165, 1.54) is 0 Å². The molecule has 0 atom stereocenters. The summed E-state index contributed by atoms with van der Waals surface area (Å²) in [5.74, 6) is 0.840. The highest BCUT2D eigenvalue weighted by atomic mass is 127. The van der Waals surface area contributed by atoms with Gasteiger partial charge in [0.15, 0.2) is 0 Å². The molecule has 0 saturated heterocycles. The van der Waals surface area contributed by atoms with Crippen molar-refractivity contribution in [2.24, 2.45) is 0 Å². The Balaban J connectivity index is 2.50. The van der Waals surface area contributed by atoms with Crippen LogP contribution in [-0.2, 0) is 0 Å². The van der Waals surface area contributed by atoms with E-state index < -0.39 is 0 Å². The Morgan fingerprint density at radius 3 is 2.88 bits per heavy atom. The molecule has 0 saturated carbocycles. The van der Waals surface area contributed by atoms with Crippen molar-refractivity contribution >= 4 is 39.3 Å². The van der Waals surface area contributed by atoms with Gasteiger partial charge in [-0.25, -0.2) is 4.98 Å². The highest BCUT2D eigenvalue weighted by molar-refractivity contribution is 14.1. The van der Waals surface area contributed by atoms with Crippen LogP contribution in [-0.4, -0.2) is 16.5 Å². The van der Waals surface area contributed by atoms with Gasteiger partial charge in [-0.1, -0.05) is 12.1 Å². The minimum absolute atomic E-state index is 0.840. The van der Waals surface area contributed by atoms with Crippen molar-refractivity contribution in [2.45, 2.75) is 0 Å². The molecule has 0 aliphatic carbocycles. The van der Waals surface area contributed by atoms with Crippen LogP contribution in [0.5, 0.6) is 5.75 Å². The highest BCUT2D eigenvalue weighted by Gasteiger charge is 2.08. The molecule has 3 rings (SSSR count). The van der Waals surface area contributed by atoms with Crippen molar-refractivity contribution in [3.63, 3.8) is 0 Å². The van der Waals surface area contributed by atoms with Gasteiger partial charge >= 0.3 is 0 Å². The Morgan fingerprint density at radius 2 is 2.06 bits per heavy atom. The number of imidazole rings is 1. The van der Waals surface area contributed by atoms with Crippen molar-refractivity contribution in [1.82, 2.24) is 9.38 Å². The number of fused-ring (bicyclic) bond motifs is 3. The lowest BCUT2D eigenvalue weighted by molar-refractivity contribution is 0.414. The molecular weight excluding hydrogens is 315 g/mol. The topological polar surface area (TPSA) is 26.5 Å². The predicted molar refractivity (Wildman–Crippen MR) is 72.0 cm³/mol. The second kappa shape index (κ2) is 3.62. The highest BCUT2D eigenvalue weighted by Crippen LogP contribution is 2.24. The van der Waals surface area contributed by atoms with Crippen LogP contribution in [0, 0.1) is 3.70 Å². The Labute approximate surface area is 106 Å². The fourth-order valence-corrected chi connectivity index (χ4v) is 2.65. The van der Waals surface area contributed by atoms with Crippen molar-refractivity contribution in [3.05, 3.63) is 40.1 Å². The van der Waals surface area contributed by atoms with Crippen LogP contribution in [0.4, 0.5) is 0 Å². The fourth-order valence-electron chi connectivity index (χ4n) is 1.83. The van der Waals surface area contributed by atoms with Crippen molar-refractivity contribution in [3.8, 4) is 5.75 Å². The molecule has 1 aromatic carbocycles. The third-order valence-corrected chi connectivity index (χ3v) is 3.36. The lowest BCUT2D eigenvalue weighted by Crippen LogP contribution is -1.93. The molecule has 0 spiro atoms. The van der Waals surface area contributed by atoms with Gasteiger partial charge in [-0.2, -0.15) is 0 Å². The average molecular weight is 324 g/mol. The van der Waals surface area contributed by atoms with Gasteiger partial charge in [-0.05, 0) is 34.7 Å². The second-order valence-electron chi connectivity index (χ2n) is 3.51. The first kappa shape index (κ1) is 9.89. The molecule has 0 bridgehead atoms. The zero-order valence-corrected chi connectivity index (χ0v) is 10.8. The minimum atomic E-state index is 0.840. The third-order valence-electron chi connectivity index (χ3n) is 2.57. The van der Waals surface area contributed by atoms with Crippen molar-refractivity contribution in [1.29, 1.82) is 0 Å². The molecule has 3 aromatic rings. The summed E-state index contributed by atoms with van der Waals surface area (Å²) in [6, 6.07) is 12.1. The van der Waals surface area contributed by atoms with E-state index in [0.717, 1.165) is 26.1 Å². The lowest BCUT2D eigenvalue weighted by Gasteiger charge is -2.03. The summed E-state index contributed by atoms with van der Waals surface area (Å²) >= 11 is 2.29. The largest absolute Gasteiger partial charge is 0.497 e. The number of para-hydroxylation sites is 2. The molecule has 0 radical (unpaired) electrons. The Kier molecular flexibility index (Phi) is 2.24. The normalized spacial score (nSPS) is 11.1. The van der Waals surface area contributed by atoms with E-state index in [1.54, 1.807) is 7.11 Å². The van der Waals surface area contributed by atoms with E-state index in [2.05, 4.69) is 38.0 Å². The van der Waals surface area contributed by atoms with E-state index in [4.69, 9.17) is 4.74 Å². The maximum atomic E-state index is 5.24. The molecule has 16 heavy (non-hydrogen) atoms. The molecule has 0 aliphatic heterocycles. The molecule has 3 nitrogen and oxygen atoms in total. The fraction of sp³-hybridized carbons (Fsp3) is 0.0833. The van der Waals surface area contributed by atoms with Gasteiger partial charge in [0.2, 0.25) is 0 Å². The summed E-state index contributed by atoms with van der Waals surface area (Å²) in [4.78, 5) is 4.56. The number of rotatable bonds is 1. The van der Waals surface area contributed by atoms with E-state index in [-0.39, 0.29) is 0 Å². The van der Waals surface area contributed by atoms with Crippen LogP contribution in [0.3, 0.4) is 0 Å². The first-order valence-electron chi connectivity index (χ1n) is 4.90. The summed E-state index contributed by atoms with van der Waals surface area (Å²) < 4.78 is 8.46. The molecule has 80 valence electrons. The van der Waals surface area contributed by atoms with Crippen molar-refractivity contribution < 1.29 is 4.74 Å².